The van der Waals surface area contributed by atoms with Crippen molar-refractivity contribution in [3.8, 4) is 0 Å². The molecule has 0 radical (unpaired) electrons. The molecule has 2 heterocycles. The first kappa shape index (κ1) is 15.1. The maximum atomic E-state index is 14.2. The molecule has 6 saturated carbocycles. The number of hydrogen-bond donors (Lipinski definition) is 0. The van der Waals surface area contributed by atoms with Crippen molar-refractivity contribution in [1.29, 1.82) is 0 Å². The number of carbonyl (C=O) groups excluding carboxylic acids is 3. The fourth-order valence-electron chi connectivity index (χ4n) is 11.6. The zero-order valence-corrected chi connectivity index (χ0v) is 17.2. The third-order valence-corrected chi connectivity index (χ3v) is 15.2. The van der Waals surface area contributed by atoms with Gasteiger partial charge in [-0.3, -0.25) is 19.3 Å². The van der Waals surface area contributed by atoms with Crippen LogP contribution in [-0.2, 0) is 14.4 Å². The van der Waals surface area contributed by atoms with Crippen molar-refractivity contribution in [2.24, 2.45) is 70.0 Å². The quantitative estimate of drug-likeness (QED) is 0.450. The van der Waals surface area contributed by atoms with Crippen LogP contribution in [0.1, 0.15) is 6.42 Å². The molecule has 0 aromatic rings. The molecule has 4 nitrogen and oxygen atoms in total. The van der Waals surface area contributed by atoms with Gasteiger partial charge in [-0.2, -0.15) is 0 Å². The Morgan fingerprint density at radius 1 is 0.893 bits per heavy atom. The molecule has 0 N–H and O–H groups in total. The normalized spacial score (nSPS) is 66.6. The summed E-state index contributed by atoms with van der Waals surface area (Å²) in [5.74, 6) is 5.73. The molecule has 6 heteroatoms. The predicted octanol–water partition coefficient (Wildman–Crippen LogP) is 1.91. The second kappa shape index (κ2) is 3.81. The maximum Gasteiger partial charge on any atom is 0.233 e. The van der Waals surface area contributed by atoms with Gasteiger partial charge in [0, 0.05) is 41.2 Å². The van der Waals surface area contributed by atoms with E-state index in [1.54, 1.807) is 7.05 Å². The lowest BCUT2D eigenvalue weighted by molar-refractivity contribution is -0.261. The third kappa shape index (κ3) is 0.917. The minimum atomic E-state index is -0.319. The molecule has 4 bridgehead atoms. The summed E-state index contributed by atoms with van der Waals surface area (Å²) in [6, 6.07) is 0. The molecular weight excluding hydrogens is 390 g/mol. The fourth-order valence-corrected chi connectivity index (χ4v) is 16.1. The molecule has 144 valence electrons. The van der Waals surface area contributed by atoms with E-state index in [-0.39, 0.29) is 56.3 Å². The number of imide groups is 1. The number of thioether (sulfide) groups is 2. The SMILES string of the molecule is CN1C(=O)[C@@H]2[C@H](C1=O)[C@H]1C=C[C@@H]2[C@]23[C@H]4[C@@H]5C[C@H]6[C@H](C(=O)[C@@]12[C@H]64)[C@@H]5C31SCCS1. The number of likely N-dealkylation sites (tertiary alicyclic amines) is 1. The summed E-state index contributed by atoms with van der Waals surface area (Å²) >= 11 is 4.31. The molecule has 2 amide bonds. The van der Waals surface area contributed by atoms with E-state index < -0.39 is 0 Å². The van der Waals surface area contributed by atoms with Crippen LogP contribution in [0.5, 0.6) is 0 Å². The van der Waals surface area contributed by atoms with Crippen LogP contribution in [0.25, 0.3) is 0 Å². The van der Waals surface area contributed by atoms with Crippen molar-refractivity contribution in [3.63, 3.8) is 0 Å². The van der Waals surface area contributed by atoms with Crippen LogP contribution in [0.4, 0.5) is 0 Å². The Morgan fingerprint density at radius 2 is 1.57 bits per heavy atom. The number of nitrogens with zero attached hydrogens (tertiary/aromatic N) is 1. The summed E-state index contributed by atoms with van der Waals surface area (Å²) in [7, 11) is 1.66. The van der Waals surface area contributed by atoms with E-state index in [4.69, 9.17) is 0 Å². The molecule has 10 rings (SSSR count). The lowest BCUT2D eigenvalue weighted by atomic mass is 9.26. The molecule has 0 aromatic carbocycles. The number of carbonyl (C=O) groups is 3. The van der Waals surface area contributed by atoms with Gasteiger partial charge in [0.15, 0.2) is 0 Å². The minimum absolute atomic E-state index is 0.0136. The van der Waals surface area contributed by atoms with Gasteiger partial charge in [0.05, 0.1) is 15.9 Å². The number of rotatable bonds is 0. The maximum absolute atomic E-state index is 14.2. The van der Waals surface area contributed by atoms with Gasteiger partial charge in [-0.05, 0) is 41.9 Å². The molecule has 2 saturated heterocycles. The summed E-state index contributed by atoms with van der Waals surface area (Å²) in [5, 5.41) is 0. The van der Waals surface area contributed by atoms with Crippen LogP contribution >= 0.6 is 23.5 Å². The van der Waals surface area contributed by atoms with E-state index in [2.05, 4.69) is 35.7 Å². The van der Waals surface area contributed by atoms with Gasteiger partial charge in [0.2, 0.25) is 11.8 Å². The first-order chi connectivity index (χ1) is 13.5. The summed E-state index contributed by atoms with van der Waals surface area (Å²) < 4.78 is 0.131. The molecule has 8 fully saturated rings. The average molecular weight is 412 g/mol. The summed E-state index contributed by atoms with van der Waals surface area (Å²) in [5.41, 5.74) is -0.368. The van der Waals surface area contributed by atoms with Crippen molar-refractivity contribution in [3.05, 3.63) is 12.2 Å². The molecule has 10 aliphatic rings. The highest BCUT2D eigenvalue weighted by Gasteiger charge is 3.03. The van der Waals surface area contributed by atoms with Crippen LogP contribution in [0.2, 0.25) is 0 Å². The highest BCUT2D eigenvalue weighted by Crippen LogP contribution is 3.01. The van der Waals surface area contributed by atoms with Crippen LogP contribution in [0.3, 0.4) is 0 Å². The van der Waals surface area contributed by atoms with Gasteiger partial charge in [0.25, 0.3) is 0 Å². The number of amides is 2. The van der Waals surface area contributed by atoms with Crippen LogP contribution < -0.4 is 0 Å². The Bertz CT molecular complexity index is 1000. The molecule has 2 aliphatic heterocycles. The smallest absolute Gasteiger partial charge is 0.233 e. The Labute approximate surface area is 171 Å². The fraction of sp³-hybridized carbons (Fsp3) is 0.773. The van der Waals surface area contributed by atoms with Crippen molar-refractivity contribution in [2.45, 2.75) is 10.5 Å². The van der Waals surface area contributed by atoms with Crippen LogP contribution in [0.15, 0.2) is 12.2 Å². The van der Waals surface area contributed by atoms with Crippen molar-refractivity contribution >= 4 is 41.1 Å². The van der Waals surface area contributed by atoms with E-state index in [0.29, 0.717) is 35.4 Å². The van der Waals surface area contributed by atoms with Crippen molar-refractivity contribution in [2.75, 3.05) is 18.6 Å². The summed E-state index contributed by atoms with van der Waals surface area (Å²) in [4.78, 5) is 42.0. The van der Waals surface area contributed by atoms with Gasteiger partial charge in [0.1, 0.15) is 5.78 Å². The highest BCUT2D eigenvalue weighted by molar-refractivity contribution is 8.21. The summed E-state index contributed by atoms with van der Waals surface area (Å²) in [6.07, 6.45) is 5.80. The zero-order chi connectivity index (χ0) is 18.5. The molecule has 12 atom stereocenters. The number of Topliss-reactive ketones (excluding diaryl/α,β-unsaturated/α-hetero) is 1. The number of fused-ring (bicyclic) bond motifs is 2. The van der Waals surface area contributed by atoms with E-state index >= 15 is 0 Å². The van der Waals surface area contributed by atoms with Crippen molar-refractivity contribution < 1.29 is 14.4 Å². The van der Waals surface area contributed by atoms with Gasteiger partial charge in [-0.25, -0.2) is 0 Å². The lowest BCUT2D eigenvalue weighted by Crippen LogP contribution is -2.81. The van der Waals surface area contributed by atoms with E-state index in [1.807, 2.05) is 0 Å². The van der Waals surface area contributed by atoms with E-state index in [9.17, 15) is 14.4 Å². The lowest BCUT2D eigenvalue weighted by Gasteiger charge is -2.78. The van der Waals surface area contributed by atoms with Gasteiger partial charge < -0.3 is 0 Å². The molecular formula is C22H21NO3S2. The Morgan fingerprint density at radius 3 is 2.32 bits per heavy atom. The summed E-state index contributed by atoms with van der Waals surface area (Å²) in [6.45, 7) is 0. The number of ketones is 1. The second-order valence-electron chi connectivity index (χ2n) is 10.9. The number of hydrogen-bond acceptors (Lipinski definition) is 5. The van der Waals surface area contributed by atoms with E-state index in [0.717, 1.165) is 0 Å². The predicted molar refractivity (Wildman–Crippen MR) is 104 cm³/mol. The highest BCUT2D eigenvalue weighted by atomic mass is 32.2. The standard InChI is InChI=1S/C22H21NO3S2/c1-23-18(25)12-9-2-3-10(13(12)19(23)26)21-16-8-6-7-11(17(24)20(9,21)15(7)16)14(8)22(21)27-4-5-28-22/h2-3,7-16H,4-6H2,1H3/t7-,8+,9+,10-,11-,12+,13-,14+,15+,16-,20-,21-/m0/s1. The largest absolute Gasteiger partial charge is 0.299 e. The Balaban J connectivity index is 1.42. The Hall–Kier alpha value is -0.750. The minimum Gasteiger partial charge on any atom is -0.299 e. The van der Waals surface area contributed by atoms with E-state index in [1.165, 1.54) is 22.8 Å². The molecule has 28 heavy (non-hydrogen) atoms. The first-order valence-corrected chi connectivity index (χ1v) is 12.8. The van der Waals surface area contributed by atoms with Crippen LogP contribution in [-0.4, -0.2) is 45.1 Å². The number of allylic oxidation sites excluding steroid dienone is 2. The molecule has 0 aromatic heterocycles. The first-order valence-electron chi connectivity index (χ1n) is 10.9. The zero-order valence-electron chi connectivity index (χ0n) is 15.5. The third-order valence-electron chi connectivity index (χ3n) is 11.3. The van der Waals surface area contributed by atoms with Gasteiger partial charge in [-0.15, -0.1) is 23.5 Å². The Kier molecular flexibility index (Phi) is 2.06. The topological polar surface area (TPSA) is 54.5 Å². The van der Waals surface area contributed by atoms with Crippen molar-refractivity contribution in [1.82, 2.24) is 4.90 Å². The molecule has 0 unspecified atom stereocenters. The molecule has 3 spiro atoms. The van der Waals surface area contributed by atoms with Gasteiger partial charge in [-0.1, -0.05) is 12.2 Å². The van der Waals surface area contributed by atoms with Crippen LogP contribution in [0, 0.1) is 70.0 Å². The second-order valence-corrected chi connectivity index (χ2v) is 13.8. The average Bonchev–Trinajstić information content (AvgIpc) is 3.43. The molecule has 8 aliphatic carbocycles. The monoisotopic (exact) mass is 411 g/mol. The van der Waals surface area contributed by atoms with Gasteiger partial charge >= 0.3 is 0 Å².